The Labute approximate surface area is 146 Å². The average molecular weight is 344 g/mol. The number of methoxy groups -OCH3 is 1. The van der Waals surface area contributed by atoms with Crippen LogP contribution in [0.4, 0.5) is 0 Å². The molecule has 1 spiro atoms. The van der Waals surface area contributed by atoms with E-state index in [1.807, 2.05) is 24.4 Å². The highest BCUT2D eigenvalue weighted by Gasteiger charge is 2.55. The van der Waals surface area contributed by atoms with Gasteiger partial charge in [0.15, 0.2) is 0 Å². The molecule has 0 bridgehead atoms. The number of ether oxygens (including phenoxy) is 2. The van der Waals surface area contributed by atoms with Crippen molar-refractivity contribution in [2.24, 2.45) is 5.41 Å². The van der Waals surface area contributed by atoms with Crippen molar-refractivity contribution >= 4 is 16.8 Å². The van der Waals surface area contributed by atoms with Gasteiger partial charge in [0.25, 0.3) is 0 Å². The summed E-state index contributed by atoms with van der Waals surface area (Å²) in [7, 11) is 1.63. The first-order valence-corrected chi connectivity index (χ1v) is 8.81. The fourth-order valence-electron chi connectivity index (χ4n) is 4.25. The van der Waals surface area contributed by atoms with E-state index in [-0.39, 0.29) is 23.5 Å². The molecular formula is C19H24N2O4. The van der Waals surface area contributed by atoms with Gasteiger partial charge in [0.05, 0.1) is 19.6 Å². The lowest BCUT2D eigenvalue weighted by Gasteiger charge is -2.55. The summed E-state index contributed by atoms with van der Waals surface area (Å²) in [6, 6.07) is 5.84. The second kappa shape index (κ2) is 6.35. The van der Waals surface area contributed by atoms with E-state index >= 15 is 0 Å². The summed E-state index contributed by atoms with van der Waals surface area (Å²) in [4.78, 5) is 15.8. The van der Waals surface area contributed by atoms with Crippen molar-refractivity contribution in [1.29, 1.82) is 0 Å². The topological polar surface area (TPSA) is 83.6 Å². The highest BCUT2D eigenvalue weighted by atomic mass is 16.5. The van der Waals surface area contributed by atoms with E-state index in [0.29, 0.717) is 26.1 Å². The van der Waals surface area contributed by atoms with Crippen LogP contribution in [0.3, 0.4) is 0 Å². The highest BCUT2D eigenvalue weighted by Crippen LogP contribution is 2.48. The first-order valence-electron chi connectivity index (χ1n) is 8.81. The third-order valence-electron chi connectivity index (χ3n) is 5.90. The Morgan fingerprint density at radius 3 is 2.96 bits per heavy atom. The number of aliphatic hydroxyl groups is 1. The van der Waals surface area contributed by atoms with Crippen LogP contribution in [-0.2, 0) is 16.0 Å². The number of rotatable bonds is 4. The number of hydrogen-bond donors (Lipinski definition) is 3. The minimum absolute atomic E-state index is 0.00788. The summed E-state index contributed by atoms with van der Waals surface area (Å²) < 4.78 is 10.7. The lowest BCUT2D eigenvalue weighted by molar-refractivity contribution is -0.155. The van der Waals surface area contributed by atoms with E-state index in [2.05, 4.69) is 10.3 Å². The molecular weight excluding hydrogens is 320 g/mol. The molecule has 6 heteroatoms. The van der Waals surface area contributed by atoms with E-state index < -0.39 is 0 Å². The van der Waals surface area contributed by atoms with Crippen LogP contribution in [0.2, 0.25) is 0 Å². The lowest BCUT2D eigenvalue weighted by atomic mass is 9.58. The van der Waals surface area contributed by atoms with Crippen LogP contribution in [0, 0.1) is 5.41 Å². The van der Waals surface area contributed by atoms with Gasteiger partial charge in [-0.3, -0.25) is 4.79 Å². The second-order valence-electron chi connectivity index (χ2n) is 7.12. The molecule has 1 amide bonds. The predicted molar refractivity (Wildman–Crippen MR) is 93.6 cm³/mol. The second-order valence-corrected chi connectivity index (χ2v) is 7.12. The van der Waals surface area contributed by atoms with Gasteiger partial charge in [0.2, 0.25) is 5.91 Å². The van der Waals surface area contributed by atoms with Gasteiger partial charge >= 0.3 is 0 Å². The zero-order chi connectivity index (χ0) is 17.4. The minimum atomic E-state index is -0.334. The van der Waals surface area contributed by atoms with E-state index in [0.717, 1.165) is 35.1 Å². The Kier molecular flexibility index (Phi) is 4.17. The number of H-pyrrole nitrogens is 1. The standard InChI is InChI=1S/C19H24N2O4/c1-24-13-2-3-15-14(9-13)12(11-20-15)8-18(23)21-16-10-17(22)19(16)4-6-25-7-5-19/h2-3,9,11,16-17,20,22H,4-8,10H2,1H3,(H,21,23)/t16-,17-/m1/s1. The van der Waals surface area contributed by atoms with E-state index in [1.54, 1.807) is 7.11 Å². The predicted octanol–water partition coefficient (Wildman–Crippen LogP) is 1.77. The monoisotopic (exact) mass is 344 g/mol. The zero-order valence-corrected chi connectivity index (χ0v) is 14.4. The Hall–Kier alpha value is -2.05. The van der Waals surface area contributed by atoms with Crippen LogP contribution in [-0.4, -0.2) is 48.5 Å². The summed E-state index contributed by atoms with van der Waals surface area (Å²) in [6.45, 7) is 1.32. The summed E-state index contributed by atoms with van der Waals surface area (Å²) in [5.74, 6) is 0.767. The maximum Gasteiger partial charge on any atom is 0.224 e. The summed E-state index contributed by atoms with van der Waals surface area (Å²) in [5.41, 5.74) is 1.74. The van der Waals surface area contributed by atoms with Gasteiger partial charge in [-0.2, -0.15) is 0 Å². The Morgan fingerprint density at radius 1 is 1.44 bits per heavy atom. The molecule has 25 heavy (non-hydrogen) atoms. The molecule has 2 fully saturated rings. The highest BCUT2D eigenvalue weighted by molar-refractivity contribution is 5.89. The van der Waals surface area contributed by atoms with Crippen molar-refractivity contribution in [3.05, 3.63) is 30.0 Å². The molecule has 2 aromatic rings. The lowest BCUT2D eigenvalue weighted by Crippen LogP contribution is -2.65. The Balaban J connectivity index is 1.46. The fourth-order valence-corrected chi connectivity index (χ4v) is 4.25. The zero-order valence-electron chi connectivity index (χ0n) is 14.4. The van der Waals surface area contributed by atoms with Gasteiger partial charge in [-0.15, -0.1) is 0 Å². The molecule has 6 nitrogen and oxygen atoms in total. The van der Waals surface area contributed by atoms with Crippen molar-refractivity contribution in [2.45, 2.75) is 37.8 Å². The fraction of sp³-hybridized carbons (Fsp3) is 0.526. The molecule has 1 aromatic carbocycles. The molecule has 1 aliphatic carbocycles. The van der Waals surface area contributed by atoms with Crippen LogP contribution in [0.1, 0.15) is 24.8 Å². The van der Waals surface area contributed by atoms with Gasteiger partial charge in [-0.1, -0.05) is 0 Å². The van der Waals surface area contributed by atoms with Gasteiger partial charge in [-0.05, 0) is 43.0 Å². The van der Waals surface area contributed by atoms with Crippen molar-refractivity contribution < 1.29 is 19.4 Å². The number of amides is 1. The molecule has 1 saturated heterocycles. The maximum absolute atomic E-state index is 12.6. The molecule has 0 radical (unpaired) electrons. The van der Waals surface area contributed by atoms with E-state index in [4.69, 9.17) is 9.47 Å². The number of carbonyl (C=O) groups is 1. The first kappa shape index (κ1) is 16.4. The number of aromatic amines is 1. The molecule has 1 aliphatic heterocycles. The van der Waals surface area contributed by atoms with Crippen LogP contribution in [0.15, 0.2) is 24.4 Å². The van der Waals surface area contributed by atoms with Crippen LogP contribution < -0.4 is 10.1 Å². The van der Waals surface area contributed by atoms with Crippen molar-refractivity contribution in [1.82, 2.24) is 10.3 Å². The van der Waals surface area contributed by atoms with Gasteiger partial charge < -0.3 is 24.9 Å². The molecule has 0 unspecified atom stereocenters. The Morgan fingerprint density at radius 2 is 2.24 bits per heavy atom. The number of hydrogen-bond acceptors (Lipinski definition) is 4. The summed E-state index contributed by atoms with van der Waals surface area (Å²) in [6.07, 6.45) is 4.11. The van der Waals surface area contributed by atoms with E-state index in [1.165, 1.54) is 0 Å². The minimum Gasteiger partial charge on any atom is -0.497 e. The molecule has 134 valence electrons. The first-order chi connectivity index (χ1) is 12.1. The quantitative estimate of drug-likeness (QED) is 0.789. The number of fused-ring (bicyclic) bond motifs is 1. The maximum atomic E-state index is 12.6. The van der Waals surface area contributed by atoms with Crippen molar-refractivity contribution in [3.8, 4) is 5.75 Å². The number of nitrogens with one attached hydrogen (secondary N) is 2. The third kappa shape index (κ3) is 2.79. The smallest absolute Gasteiger partial charge is 0.224 e. The number of aromatic nitrogens is 1. The average Bonchev–Trinajstić information content (AvgIpc) is 3.04. The number of carbonyl (C=O) groups excluding carboxylic acids is 1. The molecule has 4 rings (SSSR count). The van der Waals surface area contributed by atoms with Crippen LogP contribution >= 0.6 is 0 Å². The van der Waals surface area contributed by atoms with Gasteiger partial charge in [0.1, 0.15) is 5.75 Å². The largest absolute Gasteiger partial charge is 0.497 e. The number of aliphatic hydroxyl groups excluding tert-OH is 1. The van der Waals surface area contributed by atoms with Crippen LogP contribution in [0.25, 0.3) is 10.9 Å². The molecule has 2 heterocycles. The Bertz CT molecular complexity index is 779. The van der Waals surface area contributed by atoms with Gasteiger partial charge in [-0.25, -0.2) is 0 Å². The molecule has 1 saturated carbocycles. The molecule has 3 N–H and O–H groups in total. The van der Waals surface area contributed by atoms with Crippen LogP contribution in [0.5, 0.6) is 5.75 Å². The van der Waals surface area contributed by atoms with Gasteiger partial charge in [0, 0.05) is 41.8 Å². The molecule has 2 aliphatic rings. The SMILES string of the molecule is COc1ccc2[nH]cc(CC(=O)N[C@@H]3C[C@@H](O)C34CCOCC4)c2c1. The third-order valence-corrected chi connectivity index (χ3v) is 5.90. The summed E-state index contributed by atoms with van der Waals surface area (Å²) in [5, 5.41) is 14.4. The van der Waals surface area contributed by atoms with Crippen molar-refractivity contribution in [3.63, 3.8) is 0 Å². The normalized spacial score (nSPS) is 24.9. The molecule has 1 aromatic heterocycles. The van der Waals surface area contributed by atoms with E-state index in [9.17, 15) is 9.90 Å². The molecule has 2 atom stereocenters. The number of benzene rings is 1. The summed E-state index contributed by atoms with van der Waals surface area (Å²) >= 11 is 0. The van der Waals surface area contributed by atoms with Crippen molar-refractivity contribution in [2.75, 3.05) is 20.3 Å².